The van der Waals surface area contributed by atoms with E-state index >= 15 is 0 Å². The SMILES string of the molecule is C=CC(=O)OCC[N+](CC)(CC)CCCCCCCCCCCC.[Cl-]. The molecule has 0 bridgehead atoms. The van der Waals surface area contributed by atoms with E-state index in [4.69, 9.17) is 4.74 Å². The van der Waals surface area contributed by atoms with Crippen molar-refractivity contribution in [2.24, 2.45) is 0 Å². The van der Waals surface area contributed by atoms with Crippen molar-refractivity contribution in [1.82, 2.24) is 0 Å². The maximum atomic E-state index is 11.2. The predicted molar refractivity (Wildman–Crippen MR) is 104 cm³/mol. The second-order valence-corrected chi connectivity index (χ2v) is 6.97. The van der Waals surface area contributed by atoms with Crippen LogP contribution in [0.5, 0.6) is 0 Å². The van der Waals surface area contributed by atoms with Gasteiger partial charge in [-0.05, 0) is 26.7 Å². The summed E-state index contributed by atoms with van der Waals surface area (Å²) < 4.78 is 6.23. The molecule has 3 nitrogen and oxygen atoms in total. The van der Waals surface area contributed by atoms with Gasteiger partial charge in [-0.3, -0.25) is 0 Å². The Bertz CT molecular complexity index is 317. The summed E-state index contributed by atoms with van der Waals surface area (Å²) in [7, 11) is 0. The van der Waals surface area contributed by atoms with E-state index in [2.05, 4.69) is 27.4 Å². The van der Waals surface area contributed by atoms with E-state index < -0.39 is 0 Å². The van der Waals surface area contributed by atoms with Crippen LogP contribution >= 0.6 is 0 Å². The van der Waals surface area contributed by atoms with Crippen LogP contribution < -0.4 is 12.4 Å². The van der Waals surface area contributed by atoms with E-state index in [1.165, 1.54) is 76.8 Å². The molecule has 0 saturated carbocycles. The van der Waals surface area contributed by atoms with Crippen LogP contribution in [0.1, 0.15) is 85.0 Å². The number of likely N-dealkylation sites (N-methyl/N-ethyl adjacent to an activating group) is 1. The molecule has 0 aromatic rings. The summed E-state index contributed by atoms with van der Waals surface area (Å²) in [5, 5.41) is 0. The van der Waals surface area contributed by atoms with Gasteiger partial charge in [0, 0.05) is 6.08 Å². The molecule has 0 aliphatic rings. The van der Waals surface area contributed by atoms with Gasteiger partial charge in [-0.1, -0.05) is 64.9 Å². The van der Waals surface area contributed by atoms with Gasteiger partial charge in [-0.15, -0.1) is 0 Å². The molecular weight excluding hydrogens is 334 g/mol. The van der Waals surface area contributed by atoms with Crippen molar-refractivity contribution < 1.29 is 26.4 Å². The molecule has 0 saturated heterocycles. The molecule has 0 N–H and O–H groups in total. The summed E-state index contributed by atoms with van der Waals surface area (Å²) in [6, 6.07) is 0. The largest absolute Gasteiger partial charge is 1.00 e. The molecule has 0 aliphatic carbocycles. The minimum Gasteiger partial charge on any atom is -1.00 e. The number of quaternary nitrogens is 1. The molecule has 0 radical (unpaired) electrons. The van der Waals surface area contributed by atoms with Gasteiger partial charge in [0.15, 0.2) is 0 Å². The Kier molecular flexibility index (Phi) is 19.5. The van der Waals surface area contributed by atoms with Gasteiger partial charge < -0.3 is 21.6 Å². The maximum Gasteiger partial charge on any atom is 0.330 e. The molecule has 0 unspecified atom stereocenters. The lowest BCUT2D eigenvalue weighted by atomic mass is 10.1. The number of carbonyl (C=O) groups excluding carboxylic acids is 1. The zero-order valence-electron chi connectivity index (χ0n) is 17.0. The minimum absolute atomic E-state index is 0. The van der Waals surface area contributed by atoms with Crippen molar-refractivity contribution in [2.45, 2.75) is 85.0 Å². The average molecular weight is 376 g/mol. The summed E-state index contributed by atoms with van der Waals surface area (Å²) >= 11 is 0. The number of ether oxygens (including phenoxy) is 1. The Morgan fingerprint density at radius 2 is 1.32 bits per heavy atom. The molecule has 150 valence electrons. The number of hydrogen-bond donors (Lipinski definition) is 0. The number of unbranched alkanes of at least 4 members (excludes halogenated alkanes) is 9. The van der Waals surface area contributed by atoms with Crippen LogP contribution in [0.25, 0.3) is 0 Å². The first-order valence-corrected chi connectivity index (χ1v) is 10.3. The van der Waals surface area contributed by atoms with Crippen molar-refractivity contribution in [3.8, 4) is 0 Å². The zero-order chi connectivity index (χ0) is 18.1. The highest BCUT2D eigenvalue weighted by Crippen LogP contribution is 2.13. The highest BCUT2D eigenvalue weighted by Gasteiger charge is 2.22. The Labute approximate surface area is 163 Å². The van der Waals surface area contributed by atoms with Crippen LogP contribution in [0.4, 0.5) is 0 Å². The summed E-state index contributed by atoms with van der Waals surface area (Å²) in [5.74, 6) is -0.306. The average Bonchev–Trinajstić information content (AvgIpc) is 2.61. The van der Waals surface area contributed by atoms with Crippen LogP contribution in [0.15, 0.2) is 12.7 Å². The predicted octanol–water partition coefficient (Wildman–Crippen LogP) is 2.50. The fourth-order valence-electron chi connectivity index (χ4n) is 3.30. The smallest absolute Gasteiger partial charge is 0.330 e. The fraction of sp³-hybridized carbons (Fsp3) is 0.857. The normalized spacial score (nSPS) is 11.0. The number of halogens is 1. The molecule has 0 heterocycles. The maximum absolute atomic E-state index is 11.2. The highest BCUT2D eigenvalue weighted by molar-refractivity contribution is 5.81. The van der Waals surface area contributed by atoms with E-state index in [1.807, 2.05) is 0 Å². The summed E-state index contributed by atoms with van der Waals surface area (Å²) in [6.45, 7) is 15.1. The summed E-state index contributed by atoms with van der Waals surface area (Å²) in [6.07, 6.45) is 15.0. The number of hydrogen-bond acceptors (Lipinski definition) is 2. The lowest BCUT2D eigenvalue weighted by Crippen LogP contribution is -3.00. The van der Waals surface area contributed by atoms with E-state index in [-0.39, 0.29) is 18.4 Å². The molecule has 0 spiro atoms. The van der Waals surface area contributed by atoms with Crippen molar-refractivity contribution >= 4 is 5.97 Å². The van der Waals surface area contributed by atoms with Gasteiger partial charge in [-0.25, -0.2) is 4.79 Å². The molecule has 4 heteroatoms. The van der Waals surface area contributed by atoms with Crippen LogP contribution in [0.2, 0.25) is 0 Å². The third kappa shape index (κ3) is 14.3. The number of nitrogens with zero attached hydrogens (tertiary/aromatic N) is 1. The molecule has 0 fully saturated rings. The van der Waals surface area contributed by atoms with Crippen LogP contribution in [0, 0.1) is 0 Å². The first-order valence-electron chi connectivity index (χ1n) is 10.3. The Morgan fingerprint density at radius 1 is 0.840 bits per heavy atom. The molecule has 0 aromatic carbocycles. The van der Waals surface area contributed by atoms with E-state index in [0.717, 1.165) is 24.1 Å². The number of carbonyl (C=O) groups is 1. The monoisotopic (exact) mass is 375 g/mol. The van der Waals surface area contributed by atoms with Crippen LogP contribution in [0.3, 0.4) is 0 Å². The van der Waals surface area contributed by atoms with Gasteiger partial charge in [0.05, 0.1) is 19.6 Å². The standard InChI is InChI=1S/C21H42NO2.ClH/c1-5-9-10-11-12-13-14-15-16-17-18-22(7-3,8-4)19-20-24-21(23)6-2;/h6H,2,5,7-20H2,1,3-4H3;1H/q+1;/p-1. The van der Waals surface area contributed by atoms with Gasteiger partial charge in [0.2, 0.25) is 0 Å². The number of esters is 1. The molecule has 0 atom stereocenters. The lowest BCUT2D eigenvalue weighted by Gasteiger charge is -2.36. The molecule has 25 heavy (non-hydrogen) atoms. The second kappa shape index (κ2) is 18.3. The first-order chi connectivity index (χ1) is 11.6. The number of rotatable bonds is 17. The van der Waals surface area contributed by atoms with Gasteiger partial charge >= 0.3 is 5.97 Å². The minimum atomic E-state index is -0.306. The van der Waals surface area contributed by atoms with Crippen LogP contribution in [-0.4, -0.2) is 43.2 Å². The molecule has 0 aromatic heterocycles. The Morgan fingerprint density at radius 3 is 1.76 bits per heavy atom. The van der Waals surface area contributed by atoms with Gasteiger partial charge in [0.25, 0.3) is 0 Å². The Balaban J connectivity index is 0. The van der Waals surface area contributed by atoms with Gasteiger partial charge in [-0.2, -0.15) is 0 Å². The molecular formula is C21H42ClNO2. The zero-order valence-corrected chi connectivity index (χ0v) is 17.8. The van der Waals surface area contributed by atoms with E-state index in [9.17, 15) is 4.79 Å². The third-order valence-corrected chi connectivity index (χ3v) is 5.30. The Hall–Kier alpha value is -0.540. The van der Waals surface area contributed by atoms with Crippen molar-refractivity contribution in [3.05, 3.63) is 12.7 Å². The van der Waals surface area contributed by atoms with Gasteiger partial charge in [0.1, 0.15) is 13.2 Å². The van der Waals surface area contributed by atoms with Crippen molar-refractivity contribution in [3.63, 3.8) is 0 Å². The second-order valence-electron chi connectivity index (χ2n) is 6.97. The van der Waals surface area contributed by atoms with Crippen LogP contribution in [-0.2, 0) is 9.53 Å². The summed E-state index contributed by atoms with van der Waals surface area (Å²) in [5.41, 5.74) is 0. The fourth-order valence-corrected chi connectivity index (χ4v) is 3.30. The molecule has 0 amide bonds. The quantitative estimate of drug-likeness (QED) is 0.169. The first kappa shape index (κ1) is 26.7. The lowest BCUT2D eigenvalue weighted by molar-refractivity contribution is -0.925. The summed E-state index contributed by atoms with van der Waals surface area (Å²) in [4.78, 5) is 11.2. The third-order valence-electron chi connectivity index (χ3n) is 5.30. The van der Waals surface area contributed by atoms with Crippen molar-refractivity contribution in [1.29, 1.82) is 0 Å². The highest BCUT2D eigenvalue weighted by atomic mass is 35.5. The molecule has 0 rings (SSSR count). The molecule has 0 aliphatic heterocycles. The van der Waals surface area contributed by atoms with E-state index in [1.54, 1.807) is 0 Å². The van der Waals surface area contributed by atoms with Crippen molar-refractivity contribution in [2.75, 3.05) is 32.8 Å². The topological polar surface area (TPSA) is 26.3 Å². The van der Waals surface area contributed by atoms with E-state index in [0.29, 0.717) is 6.61 Å².